The van der Waals surface area contributed by atoms with Crippen LogP contribution in [0.3, 0.4) is 0 Å². The molecule has 0 radical (unpaired) electrons. The average Bonchev–Trinajstić information content (AvgIpc) is 2.90. The SMILES string of the molecule is Cc1cc(C(=O)NC(C)(C)C)c(C)n1Cc1ccco1. The highest BCUT2D eigenvalue weighted by atomic mass is 16.3. The molecule has 1 N–H and O–H groups in total. The highest BCUT2D eigenvalue weighted by molar-refractivity contribution is 5.96. The van der Waals surface area contributed by atoms with E-state index >= 15 is 0 Å². The zero-order valence-corrected chi connectivity index (χ0v) is 12.8. The van der Waals surface area contributed by atoms with Crippen LogP contribution in [0, 0.1) is 13.8 Å². The molecule has 0 fully saturated rings. The summed E-state index contributed by atoms with van der Waals surface area (Å²) >= 11 is 0. The first-order valence-electron chi connectivity index (χ1n) is 6.79. The summed E-state index contributed by atoms with van der Waals surface area (Å²) in [5.41, 5.74) is 2.50. The summed E-state index contributed by atoms with van der Waals surface area (Å²) in [4.78, 5) is 12.3. The Morgan fingerprint density at radius 1 is 1.35 bits per heavy atom. The van der Waals surface area contributed by atoms with E-state index in [2.05, 4.69) is 9.88 Å². The Morgan fingerprint density at radius 3 is 2.60 bits per heavy atom. The van der Waals surface area contributed by atoms with Crippen LogP contribution >= 0.6 is 0 Å². The smallest absolute Gasteiger partial charge is 0.253 e. The summed E-state index contributed by atoms with van der Waals surface area (Å²) < 4.78 is 7.47. The molecule has 0 spiro atoms. The minimum absolute atomic E-state index is 0.0312. The van der Waals surface area contributed by atoms with Crippen molar-refractivity contribution in [3.05, 3.63) is 47.2 Å². The molecule has 0 bridgehead atoms. The molecule has 2 aromatic heterocycles. The van der Waals surface area contributed by atoms with E-state index in [0.717, 1.165) is 22.7 Å². The van der Waals surface area contributed by atoms with Crippen LogP contribution in [0.5, 0.6) is 0 Å². The first-order chi connectivity index (χ1) is 9.28. The summed E-state index contributed by atoms with van der Waals surface area (Å²) in [6.07, 6.45) is 1.66. The Kier molecular flexibility index (Phi) is 3.75. The first kappa shape index (κ1) is 14.4. The van der Waals surface area contributed by atoms with Gasteiger partial charge in [-0.2, -0.15) is 0 Å². The molecule has 20 heavy (non-hydrogen) atoms. The normalized spacial score (nSPS) is 11.7. The minimum atomic E-state index is -0.236. The summed E-state index contributed by atoms with van der Waals surface area (Å²) in [5, 5.41) is 3.00. The second kappa shape index (κ2) is 5.19. The largest absolute Gasteiger partial charge is 0.467 e. The highest BCUT2D eigenvalue weighted by Crippen LogP contribution is 2.18. The number of hydrogen-bond acceptors (Lipinski definition) is 2. The quantitative estimate of drug-likeness (QED) is 0.933. The number of nitrogens with zero attached hydrogens (tertiary/aromatic N) is 1. The summed E-state index contributed by atoms with van der Waals surface area (Å²) in [6, 6.07) is 5.74. The van der Waals surface area contributed by atoms with Crippen LogP contribution in [0.25, 0.3) is 0 Å². The van der Waals surface area contributed by atoms with Crippen molar-refractivity contribution >= 4 is 5.91 Å². The molecule has 0 saturated heterocycles. The maximum absolute atomic E-state index is 12.3. The van der Waals surface area contributed by atoms with E-state index in [1.807, 2.05) is 52.8 Å². The number of hydrogen-bond donors (Lipinski definition) is 1. The van der Waals surface area contributed by atoms with Gasteiger partial charge in [0.2, 0.25) is 0 Å². The number of aryl methyl sites for hydroxylation is 1. The Balaban J connectivity index is 2.27. The van der Waals surface area contributed by atoms with E-state index in [1.54, 1.807) is 6.26 Å². The fraction of sp³-hybridized carbons (Fsp3) is 0.438. The predicted molar refractivity (Wildman–Crippen MR) is 78.9 cm³/mol. The van der Waals surface area contributed by atoms with Gasteiger partial charge in [-0.25, -0.2) is 0 Å². The zero-order chi connectivity index (χ0) is 14.9. The van der Waals surface area contributed by atoms with Crippen LogP contribution in [0.4, 0.5) is 0 Å². The standard InChI is InChI=1S/C16H22N2O2/c1-11-9-14(15(19)17-16(3,4)5)12(2)18(11)10-13-7-6-8-20-13/h6-9H,10H2,1-5H3,(H,17,19). The van der Waals surface area contributed by atoms with E-state index in [0.29, 0.717) is 6.54 Å². The Labute approximate surface area is 119 Å². The molecule has 0 aromatic carbocycles. The van der Waals surface area contributed by atoms with Crippen molar-refractivity contribution in [2.75, 3.05) is 0 Å². The Hall–Kier alpha value is -1.97. The molecule has 4 nitrogen and oxygen atoms in total. The molecule has 2 rings (SSSR count). The third-order valence-electron chi connectivity index (χ3n) is 3.20. The molecule has 4 heteroatoms. The lowest BCUT2D eigenvalue weighted by Gasteiger charge is -2.20. The van der Waals surface area contributed by atoms with Gasteiger partial charge in [0.15, 0.2) is 0 Å². The van der Waals surface area contributed by atoms with Gasteiger partial charge < -0.3 is 14.3 Å². The molecule has 0 saturated carbocycles. The van der Waals surface area contributed by atoms with Gasteiger partial charge in [0.25, 0.3) is 5.91 Å². The van der Waals surface area contributed by atoms with Crippen molar-refractivity contribution < 1.29 is 9.21 Å². The van der Waals surface area contributed by atoms with Crippen LogP contribution in [0.1, 0.15) is 48.3 Å². The van der Waals surface area contributed by atoms with Crippen molar-refractivity contribution in [1.29, 1.82) is 0 Å². The number of furan rings is 1. The highest BCUT2D eigenvalue weighted by Gasteiger charge is 2.20. The summed E-state index contributed by atoms with van der Waals surface area (Å²) in [6.45, 7) is 10.6. The zero-order valence-electron chi connectivity index (χ0n) is 12.8. The van der Waals surface area contributed by atoms with E-state index < -0.39 is 0 Å². The van der Waals surface area contributed by atoms with Crippen molar-refractivity contribution in [3.8, 4) is 0 Å². The lowest BCUT2D eigenvalue weighted by molar-refractivity contribution is 0.0919. The van der Waals surface area contributed by atoms with Crippen LogP contribution in [0.2, 0.25) is 0 Å². The molecular formula is C16H22N2O2. The Morgan fingerprint density at radius 2 is 2.05 bits per heavy atom. The molecule has 0 atom stereocenters. The van der Waals surface area contributed by atoms with Gasteiger partial charge in [-0.15, -0.1) is 0 Å². The van der Waals surface area contributed by atoms with E-state index in [1.165, 1.54) is 0 Å². The second-order valence-corrected chi connectivity index (χ2v) is 6.15. The fourth-order valence-corrected chi connectivity index (χ4v) is 2.24. The molecule has 108 valence electrons. The third-order valence-corrected chi connectivity index (χ3v) is 3.20. The number of nitrogens with one attached hydrogen (secondary N) is 1. The maximum Gasteiger partial charge on any atom is 0.253 e. The molecule has 2 heterocycles. The number of carbonyl (C=O) groups excluding carboxylic acids is 1. The van der Waals surface area contributed by atoms with Crippen LogP contribution in [-0.2, 0) is 6.54 Å². The van der Waals surface area contributed by atoms with Crippen molar-refractivity contribution in [2.24, 2.45) is 0 Å². The van der Waals surface area contributed by atoms with Crippen molar-refractivity contribution in [3.63, 3.8) is 0 Å². The van der Waals surface area contributed by atoms with Crippen molar-refractivity contribution in [2.45, 2.75) is 46.7 Å². The van der Waals surface area contributed by atoms with Crippen LogP contribution in [0.15, 0.2) is 28.9 Å². The Bertz CT molecular complexity index is 601. The molecular weight excluding hydrogens is 252 g/mol. The summed E-state index contributed by atoms with van der Waals surface area (Å²) in [7, 11) is 0. The van der Waals surface area contributed by atoms with E-state index in [9.17, 15) is 4.79 Å². The summed E-state index contributed by atoms with van der Waals surface area (Å²) in [5.74, 6) is 0.853. The van der Waals surface area contributed by atoms with Gasteiger partial charge in [-0.05, 0) is 52.8 Å². The lowest BCUT2D eigenvalue weighted by Crippen LogP contribution is -2.40. The minimum Gasteiger partial charge on any atom is -0.467 e. The monoisotopic (exact) mass is 274 g/mol. The first-order valence-corrected chi connectivity index (χ1v) is 6.79. The van der Waals surface area contributed by atoms with Gasteiger partial charge in [0, 0.05) is 16.9 Å². The lowest BCUT2D eigenvalue weighted by atomic mass is 10.1. The predicted octanol–water partition coefficient (Wildman–Crippen LogP) is 3.27. The molecule has 0 aliphatic rings. The molecule has 2 aromatic rings. The van der Waals surface area contributed by atoms with Gasteiger partial charge in [0.1, 0.15) is 5.76 Å². The molecule has 0 aliphatic carbocycles. The van der Waals surface area contributed by atoms with Gasteiger partial charge >= 0.3 is 0 Å². The van der Waals surface area contributed by atoms with Crippen molar-refractivity contribution in [1.82, 2.24) is 9.88 Å². The van der Waals surface area contributed by atoms with E-state index in [-0.39, 0.29) is 11.4 Å². The van der Waals surface area contributed by atoms with Gasteiger partial charge in [-0.1, -0.05) is 0 Å². The topological polar surface area (TPSA) is 47.2 Å². The molecule has 1 amide bonds. The molecule has 0 unspecified atom stereocenters. The third kappa shape index (κ3) is 3.13. The number of aromatic nitrogens is 1. The van der Waals surface area contributed by atoms with Crippen LogP contribution < -0.4 is 5.32 Å². The second-order valence-electron chi connectivity index (χ2n) is 6.15. The van der Waals surface area contributed by atoms with Gasteiger partial charge in [0.05, 0.1) is 18.4 Å². The average molecular weight is 274 g/mol. The fourth-order valence-electron chi connectivity index (χ4n) is 2.24. The number of carbonyl (C=O) groups is 1. The number of rotatable bonds is 3. The molecule has 0 aliphatic heterocycles. The van der Waals surface area contributed by atoms with Gasteiger partial charge in [-0.3, -0.25) is 4.79 Å². The van der Waals surface area contributed by atoms with E-state index in [4.69, 9.17) is 4.42 Å². The van der Waals surface area contributed by atoms with Crippen LogP contribution in [-0.4, -0.2) is 16.0 Å². The number of amides is 1. The maximum atomic E-state index is 12.3.